The summed E-state index contributed by atoms with van der Waals surface area (Å²) >= 11 is 0. The van der Waals surface area contributed by atoms with Gasteiger partial charge in [-0.05, 0) is 18.3 Å². The molecule has 5 nitrogen and oxygen atoms in total. The molecule has 2 aliphatic rings. The molecule has 0 radical (unpaired) electrons. The average Bonchev–Trinajstić information content (AvgIpc) is 2.92. The van der Waals surface area contributed by atoms with E-state index in [2.05, 4.69) is 0 Å². The standard InChI is InChI=1S/C13H21NO4/c1-13(2)9(10(13)12(16)17)11(15)14(3)8-4-6-18-7-5-8/h8-10H,4-7H2,1-3H3,(H,16,17)/t9-,10+/m1/s1. The monoisotopic (exact) mass is 255 g/mol. The molecule has 0 spiro atoms. The summed E-state index contributed by atoms with van der Waals surface area (Å²) in [5.74, 6) is -1.80. The van der Waals surface area contributed by atoms with Crippen molar-refractivity contribution in [3.63, 3.8) is 0 Å². The molecule has 0 aromatic heterocycles. The molecule has 1 saturated carbocycles. The SMILES string of the molecule is CN(C(=O)[C@H]1[C@@H](C(=O)O)C1(C)C)C1CCOCC1. The van der Waals surface area contributed by atoms with Crippen LogP contribution >= 0.6 is 0 Å². The molecule has 1 aliphatic heterocycles. The van der Waals surface area contributed by atoms with Crippen LogP contribution in [0.4, 0.5) is 0 Å². The van der Waals surface area contributed by atoms with E-state index in [1.165, 1.54) is 0 Å². The van der Waals surface area contributed by atoms with Gasteiger partial charge in [0.25, 0.3) is 0 Å². The van der Waals surface area contributed by atoms with Gasteiger partial charge in [0.1, 0.15) is 0 Å². The zero-order valence-electron chi connectivity index (χ0n) is 11.2. The first-order valence-electron chi connectivity index (χ1n) is 6.44. The van der Waals surface area contributed by atoms with Crippen LogP contribution in [0.3, 0.4) is 0 Å². The zero-order chi connectivity index (χ0) is 13.5. The van der Waals surface area contributed by atoms with E-state index >= 15 is 0 Å². The quantitative estimate of drug-likeness (QED) is 0.816. The van der Waals surface area contributed by atoms with Gasteiger partial charge in [0.05, 0.1) is 11.8 Å². The van der Waals surface area contributed by atoms with Crippen molar-refractivity contribution in [3.8, 4) is 0 Å². The van der Waals surface area contributed by atoms with Crippen LogP contribution in [0.5, 0.6) is 0 Å². The first-order chi connectivity index (χ1) is 8.37. The Bertz CT molecular complexity index is 360. The molecule has 5 heteroatoms. The fraction of sp³-hybridized carbons (Fsp3) is 0.846. The van der Waals surface area contributed by atoms with Gasteiger partial charge in [0.15, 0.2) is 0 Å². The minimum absolute atomic E-state index is 0.0284. The number of carboxylic acid groups (broad SMARTS) is 1. The number of carbonyl (C=O) groups excluding carboxylic acids is 1. The third-order valence-corrected chi connectivity index (χ3v) is 4.45. The Morgan fingerprint density at radius 2 is 1.78 bits per heavy atom. The maximum absolute atomic E-state index is 12.4. The fourth-order valence-corrected chi connectivity index (χ4v) is 3.03. The van der Waals surface area contributed by atoms with E-state index in [4.69, 9.17) is 9.84 Å². The van der Waals surface area contributed by atoms with E-state index in [0.29, 0.717) is 13.2 Å². The van der Waals surface area contributed by atoms with E-state index in [-0.39, 0.29) is 17.9 Å². The molecule has 1 N–H and O–H groups in total. The lowest BCUT2D eigenvalue weighted by molar-refractivity contribution is -0.142. The summed E-state index contributed by atoms with van der Waals surface area (Å²) in [4.78, 5) is 25.2. The largest absolute Gasteiger partial charge is 0.481 e. The second kappa shape index (κ2) is 4.53. The van der Waals surface area contributed by atoms with Crippen molar-refractivity contribution >= 4 is 11.9 Å². The Morgan fingerprint density at radius 1 is 1.22 bits per heavy atom. The molecular weight excluding hydrogens is 234 g/mol. The van der Waals surface area contributed by atoms with Crippen LogP contribution in [0.15, 0.2) is 0 Å². The maximum atomic E-state index is 12.4. The third kappa shape index (κ3) is 2.11. The van der Waals surface area contributed by atoms with Gasteiger partial charge in [-0.1, -0.05) is 13.8 Å². The van der Waals surface area contributed by atoms with Gasteiger partial charge in [0, 0.05) is 26.3 Å². The Kier molecular flexibility index (Phi) is 3.36. The van der Waals surface area contributed by atoms with Crippen LogP contribution in [-0.2, 0) is 14.3 Å². The highest BCUT2D eigenvalue weighted by Crippen LogP contribution is 2.59. The molecule has 1 heterocycles. The van der Waals surface area contributed by atoms with Crippen LogP contribution < -0.4 is 0 Å². The summed E-state index contributed by atoms with van der Waals surface area (Å²) in [5, 5.41) is 9.11. The fourth-order valence-electron chi connectivity index (χ4n) is 3.03. The molecule has 0 bridgehead atoms. The number of carbonyl (C=O) groups is 2. The van der Waals surface area contributed by atoms with Crippen LogP contribution in [0, 0.1) is 17.3 Å². The molecule has 1 saturated heterocycles. The molecule has 2 atom stereocenters. The minimum atomic E-state index is -0.862. The van der Waals surface area contributed by atoms with Crippen LogP contribution in [0.2, 0.25) is 0 Å². The summed E-state index contributed by atoms with van der Waals surface area (Å²) in [7, 11) is 1.78. The van der Waals surface area contributed by atoms with Crippen molar-refractivity contribution in [1.29, 1.82) is 0 Å². The molecular formula is C13H21NO4. The second-order valence-electron chi connectivity index (χ2n) is 5.91. The van der Waals surface area contributed by atoms with Gasteiger partial charge in [-0.15, -0.1) is 0 Å². The number of hydrogen-bond donors (Lipinski definition) is 1. The van der Waals surface area contributed by atoms with E-state index in [9.17, 15) is 9.59 Å². The van der Waals surface area contributed by atoms with Gasteiger partial charge >= 0.3 is 5.97 Å². The van der Waals surface area contributed by atoms with Crippen molar-refractivity contribution in [2.45, 2.75) is 32.7 Å². The molecule has 2 fully saturated rings. The topological polar surface area (TPSA) is 66.8 Å². The summed E-state index contributed by atoms with van der Waals surface area (Å²) < 4.78 is 5.27. The van der Waals surface area contributed by atoms with Crippen molar-refractivity contribution in [2.75, 3.05) is 20.3 Å². The van der Waals surface area contributed by atoms with Crippen molar-refractivity contribution in [1.82, 2.24) is 4.90 Å². The highest BCUT2D eigenvalue weighted by atomic mass is 16.5. The molecule has 102 valence electrons. The highest BCUT2D eigenvalue weighted by Gasteiger charge is 2.66. The van der Waals surface area contributed by atoms with Gasteiger partial charge < -0.3 is 14.7 Å². The molecule has 0 unspecified atom stereocenters. The lowest BCUT2D eigenvalue weighted by atomic mass is 10.1. The normalized spacial score (nSPS) is 30.8. The van der Waals surface area contributed by atoms with Crippen LogP contribution in [-0.4, -0.2) is 48.2 Å². The van der Waals surface area contributed by atoms with Gasteiger partial charge in [-0.3, -0.25) is 9.59 Å². The number of amides is 1. The molecule has 2 rings (SSSR count). The number of rotatable bonds is 3. The maximum Gasteiger partial charge on any atom is 0.307 e. The Morgan fingerprint density at radius 3 is 2.22 bits per heavy atom. The van der Waals surface area contributed by atoms with Gasteiger partial charge in [-0.2, -0.15) is 0 Å². The van der Waals surface area contributed by atoms with E-state index < -0.39 is 17.3 Å². The van der Waals surface area contributed by atoms with E-state index in [1.54, 1.807) is 11.9 Å². The lowest BCUT2D eigenvalue weighted by Gasteiger charge is -2.31. The second-order valence-corrected chi connectivity index (χ2v) is 5.91. The summed E-state index contributed by atoms with van der Waals surface area (Å²) in [6.07, 6.45) is 1.68. The average molecular weight is 255 g/mol. The number of nitrogens with zero attached hydrogens (tertiary/aromatic N) is 1. The molecule has 0 aromatic carbocycles. The summed E-state index contributed by atoms with van der Waals surface area (Å²) in [5.41, 5.74) is -0.414. The summed E-state index contributed by atoms with van der Waals surface area (Å²) in [6.45, 7) is 5.07. The highest BCUT2D eigenvalue weighted by molar-refractivity contribution is 5.91. The molecule has 0 aromatic rings. The number of hydrogen-bond acceptors (Lipinski definition) is 3. The third-order valence-electron chi connectivity index (χ3n) is 4.45. The summed E-state index contributed by atoms with van der Waals surface area (Å²) in [6, 6.07) is 0.192. The predicted molar refractivity (Wildman–Crippen MR) is 65.0 cm³/mol. The Labute approximate surface area is 107 Å². The lowest BCUT2D eigenvalue weighted by Crippen LogP contribution is -2.42. The first kappa shape index (κ1) is 13.3. The van der Waals surface area contributed by atoms with Crippen molar-refractivity contribution in [2.24, 2.45) is 17.3 Å². The number of aliphatic carboxylic acids is 1. The number of carboxylic acids is 1. The van der Waals surface area contributed by atoms with Crippen LogP contribution in [0.25, 0.3) is 0 Å². The smallest absolute Gasteiger partial charge is 0.307 e. The minimum Gasteiger partial charge on any atom is -0.481 e. The van der Waals surface area contributed by atoms with Gasteiger partial charge in [0.2, 0.25) is 5.91 Å². The Balaban J connectivity index is 2.01. The molecule has 1 aliphatic carbocycles. The zero-order valence-corrected chi connectivity index (χ0v) is 11.2. The van der Waals surface area contributed by atoms with Crippen LogP contribution in [0.1, 0.15) is 26.7 Å². The predicted octanol–water partition coefficient (Wildman–Crippen LogP) is 0.981. The molecule has 1 amide bonds. The molecule has 18 heavy (non-hydrogen) atoms. The van der Waals surface area contributed by atoms with E-state index in [0.717, 1.165) is 12.8 Å². The van der Waals surface area contributed by atoms with E-state index in [1.807, 2.05) is 13.8 Å². The first-order valence-corrected chi connectivity index (χ1v) is 6.44. The van der Waals surface area contributed by atoms with Crippen molar-refractivity contribution in [3.05, 3.63) is 0 Å². The van der Waals surface area contributed by atoms with Gasteiger partial charge in [-0.25, -0.2) is 0 Å². The number of ether oxygens (including phenoxy) is 1. The Hall–Kier alpha value is -1.10. The van der Waals surface area contributed by atoms with Crippen molar-refractivity contribution < 1.29 is 19.4 Å².